The monoisotopic (exact) mass is 330 g/mol. The average molecular weight is 330 g/mol. The van der Waals surface area contributed by atoms with E-state index in [1.807, 2.05) is 35.9 Å². The topological polar surface area (TPSA) is 78.4 Å². The number of thiazole rings is 1. The van der Waals surface area contributed by atoms with Crippen LogP contribution in [0.3, 0.4) is 0 Å². The highest BCUT2D eigenvalue weighted by atomic mass is 32.1. The van der Waals surface area contributed by atoms with Gasteiger partial charge in [0.1, 0.15) is 6.54 Å². The van der Waals surface area contributed by atoms with Crippen LogP contribution in [-0.2, 0) is 25.4 Å². The summed E-state index contributed by atoms with van der Waals surface area (Å²) in [6, 6.07) is 9.00. The Bertz CT molecular complexity index is 1080. The molecule has 0 radical (unpaired) electrons. The van der Waals surface area contributed by atoms with Gasteiger partial charge in [0, 0.05) is 26.4 Å². The summed E-state index contributed by atoms with van der Waals surface area (Å²) in [5, 5.41) is 0. The zero-order valence-electron chi connectivity index (χ0n) is 12.6. The second-order valence-electron chi connectivity index (χ2n) is 5.04. The Labute approximate surface area is 134 Å². The molecule has 0 spiro atoms. The standard InChI is InChI=1S/C15H14N4O3S/c1-17-10-5-3-4-6-11(10)23-14(17)16-12(20)9-19-8-7-13(21)18(2)15(19)22/h3-8H,9H2,1-2H3. The molecule has 3 aromatic rings. The number of para-hydroxylation sites is 1. The molecule has 0 unspecified atom stereocenters. The Morgan fingerprint density at radius 3 is 2.61 bits per heavy atom. The number of amides is 1. The minimum absolute atomic E-state index is 0.207. The summed E-state index contributed by atoms with van der Waals surface area (Å²) in [5.74, 6) is -0.451. The van der Waals surface area contributed by atoms with Crippen molar-refractivity contribution >= 4 is 27.5 Å². The molecule has 0 N–H and O–H groups in total. The van der Waals surface area contributed by atoms with Crippen LogP contribution in [0.25, 0.3) is 10.2 Å². The molecule has 23 heavy (non-hydrogen) atoms. The van der Waals surface area contributed by atoms with Gasteiger partial charge in [-0.25, -0.2) is 4.79 Å². The molecule has 0 atom stereocenters. The predicted molar refractivity (Wildman–Crippen MR) is 87.3 cm³/mol. The van der Waals surface area contributed by atoms with Crippen LogP contribution in [0.2, 0.25) is 0 Å². The van der Waals surface area contributed by atoms with Gasteiger partial charge < -0.3 is 4.57 Å². The number of hydrogen-bond donors (Lipinski definition) is 0. The quantitative estimate of drug-likeness (QED) is 0.675. The Hall–Kier alpha value is -2.74. The zero-order chi connectivity index (χ0) is 16.6. The molecular formula is C15H14N4O3S. The predicted octanol–water partition coefficient (Wildman–Crippen LogP) is 0.228. The van der Waals surface area contributed by atoms with Gasteiger partial charge >= 0.3 is 5.69 Å². The molecule has 1 aromatic carbocycles. The van der Waals surface area contributed by atoms with Gasteiger partial charge in [-0.05, 0) is 12.1 Å². The molecule has 2 heterocycles. The second-order valence-corrected chi connectivity index (χ2v) is 6.05. The first-order chi connectivity index (χ1) is 11.0. The Kier molecular flexibility index (Phi) is 3.83. The molecule has 1 amide bonds. The molecule has 3 rings (SSSR count). The maximum atomic E-state index is 12.1. The van der Waals surface area contributed by atoms with Gasteiger partial charge in [-0.1, -0.05) is 23.5 Å². The van der Waals surface area contributed by atoms with E-state index < -0.39 is 17.2 Å². The Morgan fingerprint density at radius 2 is 1.87 bits per heavy atom. The van der Waals surface area contributed by atoms with Gasteiger partial charge in [0.15, 0.2) is 4.80 Å². The maximum Gasteiger partial charge on any atom is 0.331 e. The molecular weight excluding hydrogens is 316 g/mol. The molecule has 0 fully saturated rings. The van der Waals surface area contributed by atoms with E-state index in [1.165, 1.54) is 35.2 Å². The summed E-state index contributed by atoms with van der Waals surface area (Å²) in [4.78, 5) is 40.0. The largest absolute Gasteiger partial charge is 0.331 e. The van der Waals surface area contributed by atoms with Crippen LogP contribution in [0.4, 0.5) is 0 Å². The lowest BCUT2D eigenvalue weighted by atomic mass is 10.3. The van der Waals surface area contributed by atoms with Crippen LogP contribution < -0.4 is 16.1 Å². The molecule has 0 bridgehead atoms. The van der Waals surface area contributed by atoms with Crippen molar-refractivity contribution in [3.05, 3.63) is 62.2 Å². The third kappa shape index (κ3) is 2.80. The van der Waals surface area contributed by atoms with E-state index in [0.717, 1.165) is 14.8 Å². The first kappa shape index (κ1) is 15.2. The fraction of sp³-hybridized carbons (Fsp3) is 0.200. The fourth-order valence-electron chi connectivity index (χ4n) is 2.21. The lowest BCUT2D eigenvalue weighted by Gasteiger charge is -2.03. The summed E-state index contributed by atoms with van der Waals surface area (Å²) >= 11 is 1.41. The van der Waals surface area contributed by atoms with E-state index >= 15 is 0 Å². The van der Waals surface area contributed by atoms with E-state index in [1.54, 1.807) is 0 Å². The van der Waals surface area contributed by atoms with Crippen LogP contribution in [0.5, 0.6) is 0 Å². The van der Waals surface area contributed by atoms with Crippen LogP contribution in [-0.4, -0.2) is 19.6 Å². The highest BCUT2D eigenvalue weighted by Gasteiger charge is 2.08. The number of nitrogens with zero attached hydrogens (tertiary/aromatic N) is 4. The number of rotatable bonds is 2. The molecule has 2 aromatic heterocycles. The molecule has 118 valence electrons. The highest BCUT2D eigenvalue weighted by Crippen LogP contribution is 2.15. The molecule has 7 nitrogen and oxygen atoms in total. The van der Waals surface area contributed by atoms with E-state index in [-0.39, 0.29) is 6.54 Å². The van der Waals surface area contributed by atoms with Gasteiger partial charge in [0.2, 0.25) is 0 Å². The van der Waals surface area contributed by atoms with E-state index in [4.69, 9.17) is 0 Å². The van der Waals surface area contributed by atoms with Gasteiger partial charge in [-0.2, -0.15) is 4.99 Å². The summed E-state index contributed by atoms with van der Waals surface area (Å²) in [6.45, 7) is -0.207. The van der Waals surface area contributed by atoms with Crippen LogP contribution in [0.15, 0.2) is 51.1 Å². The van der Waals surface area contributed by atoms with Crippen LogP contribution in [0.1, 0.15) is 0 Å². The lowest BCUT2D eigenvalue weighted by Crippen LogP contribution is -2.38. The first-order valence-electron chi connectivity index (χ1n) is 6.86. The summed E-state index contributed by atoms with van der Waals surface area (Å²) in [6.07, 6.45) is 1.31. The van der Waals surface area contributed by atoms with Crippen molar-refractivity contribution in [1.82, 2.24) is 13.7 Å². The van der Waals surface area contributed by atoms with E-state index in [9.17, 15) is 14.4 Å². The molecule has 0 aliphatic rings. The number of aromatic nitrogens is 3. The van der Waals surface area contributed by atoms with Crippen molar-refractivity contribution in [3.8, 4) is 0 Å². The number of aryl methyl sites for hydroxylation is 1. The molecule has 0 saturated heterocycles. The van der Waals surface area contributed by atoms with E-state index in [0.29, 0.717) is 4.80 Å². The molecule has 8 heteroatoms. The van der Waals surface area contributed by atoms with Crippen molar-refractivity contribution in [2.75, 3.05) is 0 Å². The lowest BCUT2D eigenvalue weighted by molar-refractivity contribution is -0.118. The minimum atomic E-state index is -0.540. The normalized spacial score (nSPS) is 12.0. The number of fused-ring (bicyclic) bond motifs is 1. The van der Waals surface area contributed by atoms with Crippen molar-refractivity contribution in [1.29, 1.82) is 0 Å². The number of benzene rings is 1. The summed E-state index contributed by atoms with van der Waals surface area (Å²) in [5.41, 5.74) is 0.0386. The van der Waals surface area contributed by atoms with Gasteiger partial charge in [0.25, 0.3) is 11.5 Å². The van der Waals surface area contributed by atoms with Crippen LogP contribution >= 0.6 is 11.3 Å². The maximum absolute atomic E-state index is 12.1. The van der Waals surface area contributed by atoms with Gasteiger partial charge in [-0.3, -0.25) is 18.7 Å². The number of carbonyl (C=O) groups is 1. The molecule has 0 aliphatic heterocycles. The highest BCUT2D eigenvalue weighted by molar-refractivity contribution is 7.16. The van der Waals surface area contributed by atoms with Crippen LogP contribution in [0, 0.1) is 0 Å². The van der Waals surface area contributed by atoms with Crippen molar-refractivity contribution in [2.24, 2.45) is 19.1 Å². The van der Waals surface area contributed by atoms with Gasteiger partial charge in [-0.15, -0.1) is 0 Å². The van der Waals surface area contributed by atoms with E-state index in [2.05, 4.69) is 4.99 Å². The number of carbonyl (C=O) groups excluding carboxylic acids is 1. The minimum Gasteiger partial charge on any atom is -0.319 e. The second kappa shape index (κ2) is 5.81. The first-order valence-corrected chi connectivity index (χ1v) is 7.67. The zero-order valence-corrected chi connectivity index (χ0v) is 13.4. The third-order valence-electron chi connectivity index (χ3n) is 3.50. The molecule has 0 aliphatic carbocycles. The average Bonchev–Trinajstić information content (AvgIpc) is 2.84. The fourth-order valence-corrected chi connectivity index (χ4v) is 3.25. The molecule has 0 saturated carbocycles. The van der Waals surface area contributed by atoms with Crippen molar-refractivity contribution < 1.29 is 4.79 Å². The number of hydrogen-bond acceptors (Lipinski definition) is 4. The summed E-state index contributed by atoms with van der Waals surface area (Å²) < 4.78 is 4.98. The SMILES string of the molecule is Cn1c(=O)ccn(CC(=O)N=c2sc3ccccc3n2C)c1=O. The van der Waals surface area contributed by atoms with Gasteiger partial charge in [0.05, 0.1) is 10.2 Å². The van der Waals surface area contributed by atoms with Crippen molar-refractivity contribution in [2.45, 2.75) is 6.54 Å². The third-order valence-corrected chi connectivity index (χ3v) is 4.61. The Balaban J connectivity index is 1.98. The summed E-state index contributed by atoms with van der Waals surface area (Å²) in [7, 11) is 3.21. The van der Waals surface area contributed by atoms with Crippen molar-refractivity contribution in [3.63, 3.8) is 0 Å². The smallest absolute Gasteiger partial charge is 0.319 e. The Morgan fingerprint density at radius 1 is 1.13 bits per heavy atom.